The summed E-state index contributed by atoms with van der Waals surface area (Å²) < 4.78 is 6.22. The van der Waals surface area contributed by atoms with Gasteiger partial charge in [0.1, 0.15) is 23.5 Å². The molecule has 4 rings (SSSR count). The van der Waals surface area contributed by atoms with E-state index in [1.165, 1.54) is 38.2 Å². The number of nitrogens with one attached hydrogen (secondary N) is 1. The van der Waals surface area contributed by atoms with Crippen LogP contribution in [-0.4, -0.2) is 35.1 Å². The number of aromatic nitrogens is 2. The van der Waals surface area contributed by atoms with Gasteiger partial charge in [-0.25, -0.2) is 9.97 Å². The van der Waals surface area contributed by atoms with Crippen LogP contribution in [0.2, 0.25) is 0 Å². The molecule has 1 aromatic carbocycles. The molecule has 188 valence electrons. The van der Waals surface area contributed by atoms with E-state index in [-0.39, 0.29) is 12.0 Å². The summed E-state index contributed by atoms with van der Waals surface area (Å²) in [5.74, 6) is 3.05. The van der Waals surface area contributed by atoms with Crippen molar-refractivity contribution < 1.29 is 9.53 Å². The number of amides is 1. The number of unbranched alkanes of at least 4 members (excludes halogenated alkanes) is 1. The molecule has 7 heteroatoms. The predicted octanol–water partition coefficient (Wildman–Crippen LogP) is 5.20. The molecule has 0 bridgehead atoms. The van der Waals surface area contributed by atoms with Gasteiger partial charge in [-0.1, -0.05) is 31.1 Å². The summed E-state index contributed by atoms with van der Waals surface area (Å²) in [6, 6.07) is 11.9. The highest BCUT2D eigenvalue weighted by molar-refractivity contribution is 5.84. The number of ether oxygens (including phenoxy) is 1. The van der Waals surface area contributed by atoms with E-state index in [0.717, 1.165) is 55.3 Å². The quantitative estimate of drug-likeness (QED) is 0.367. The molecule has 1 amide bonds. The van der Waals surface area contributed by atoms with Crippen molar-refractivity contribution in [1.82, 2.24) is 15.3 Å². The van der Waals surface area contributed by atoms with Crippen LogP contribution in [0.25, 0.3) is 5.70 Å². The second-order valence-electron chi connectivity index (χ2n) is 9.62. The Labute approximate surface area is 213 Å². The van der Waals surface area contributed by atoms with Crippen molar-refractivity contribution in [3.63, 3.8) is 0 Å². The van der Waals surface area contributed by atoms with Crippen molar-refractivity contribution in [3.8, 4) is 11.8 Å². The fourth-order valence-corrected chi connectivity index (χ4v) is 5.08. The highest BCUT2D eigenvalue weighted by Gasteiger charge is 2.26. The maximum Gasteiger partial charge on any atom is 0.221 e. The molecule has 2 heterocycles. The first-order valence-electron chi connectivity index (χ1n) is 12.9. The third kappa shape index (κ3) is 6.94. The lowest BCUT2D eigenvalue weighted by molar-refractivity contribution is -0.117. The van der Waals surface area contributed by atoms with Crippen LogP contribution in [0.5, 0.6) is 5.75 Å². The lowest BCUT2D eigenvalue weighted by atomic mass is 9.93. The Kier molecular flexibility index (Phi) is 8.72. The monoisotopic (exact) mass is 485 g/mol. The molecule has 0 spiro atoms. The number of hydrogen-bond acceptors (Lipinski definition) is 6. The number of rotatable bonds is 10. The van der Waals surface area contributed by atoms with Gasteiger partial charge in [-0.15, -0.1) is 0 Å². The number of carbonyl (C=O) groups excluding carboxylic acids is 1. The molecule has 2 aromatic rings. The Balaban J connectivity index is 1.35. The van der Waals surface area contributed by atoms with E-state index in [9.17, 15) is 4.79 Å². The minimum Gasteiger partial charge on any atom is -0.489 e. The van der Waals surface area contributed by atoms with E-state index < -0.39 is 0 Å². The number of nitriles is 1. The highest BCUT2D eigenvalue weighted by atomic mass is 16.5. The van der Waals surface area contributed by atoms with Crippen LogP contribution in [-0.2, 0) is 11.2 Å². The maximum absolute atomic E-state index is 11.2. The molecule has 1 aliphatic heterocycles. The summed E-state index contributed by atoms with van der Waals surface area (Å²) in [6.45, 7) is 7.02. The minimum absolute atomic E-state index is 0.0766. The molecule has 0 radical (unpaired) electrons. The smallest absolute Gasteiger partial charge is 0.221 e. The van der Waals surface area contributed by atoms with Crippen LogP contribution >= 0.6 is 0 Å². The fourth-order valence-electron chi connectivity index (χ4n) is 5.08. The Hall–Kier alpha value is -3.66. The van der Waals surface area contributed by atoms with Gasteiger partial charge in [0.2, 0.25) is 5.91 Å². The van der Waals surface area contributed by atoms with Gasteiger partial charge in [-0.3, -0.25) is 4.79 Å². The van der Waals surface area contributed by atoms with Crippen molar-refractivity contribution in [2.24, 2.45) is 5.92 Å². The van der Waals surface area contributed by atoms with Gasteiger partial charge in [0.05, 0.1) is 12.6 Å². The molecule has 1 aliphatic carbocycles. The van der Waals surface area contributed by atoms with Gasteiger partial charge in [0.25, 0.3) is 0 Å². The highest BCUT2D eigenvalue weighted by Crippen LogP contribution is 2.33. The SMILES string of the molecule is C=C(NC(C)=O)c1ccc(OC2CCN(c3ccnc(CC(=CCCC#N)C4CCCC4)n3)C2)cc1. The molecule has 7 nitrogen and oxygen atoms in total. The molecule has 2 fully saturated rings. The van der Waals surface area contributed by atoms with E-state index in [2.05, 4.69) is 33.9 Å². The Bertz CT molecular complexity index is 1130. The number of allylic oxidation sites excluding steroid dienone is 2. The standard InChI is InChI=1S/C29H35N5O2/c1-21(32-22(2)35)23-10-12-26(13-11-23)36-27-15-18-34(20-27)29-14-17-31-28(33-29)19-25(9-5-6-16-30)24-7-3-4-8-24/h9-14,17,24,27H,1,3-8,15,18-20H2,2H3,(H,32,35). The molecule has 2 aliphatic rings. The molecule has 1 atom stereocenters. The average Bonchev–Trinajstić information content (AvgIpc) is 3.57. The Morgan fingerprint density at radius 2 is 2.03 bits per heavy atom. The van der Waals surface area contributed by atoms with E-state index >= 15 is 0 Å². The first-order chi connectivity index (χ1) is 17.5. The van der Waals surface area contributed by atoms with Crippen molar-refractivity contribution in [2.75, 3.05) is 18.0 Å². The summed E-state index contributed by atoms with van der Waals surface area (Å²) in [5, 5.41) is 11.6. The van der Waals surface area contributed by atoms with E-state index in [0.29, 0.717) is 18.0 Å². The van der Waals surface area contributed by atoms with Crippen LogP contribution in [0.4, 0.5) is 5.82 Å². The summed E-state index contributed by atoms with van der Waals surface area (Å²) in [5.41, 5.74) is 2.83. The van der Waals surface area contributed by atoms with Crippen LogP contribution in [0, 0.1) is 17.2 Å². The number of benzene rings is 1. The topological polar surface area (TPSA) is 91.1 Å². The van der Waals surface area contributed by atoms with Gasteiger partial charge in [0.15, 0.2) is 0 Å². The maximum atomic E-state index is 11.2. The third-order valence-electron chi connectivity index (χ3n) is 6.90. The summed E-state index contributed by atoms with van der Waals surface area (Å²) in [6.07, 6.45) is 12.2. The average molecular weight is 486 g/mol. The molecule has 1 saturated heterocycles. The van der Waals surface area contributed by atoms with Crippen LogP contribution < -0.4 is 15.0 Å². The first-order valence-corrected chi connectivity index (χ1v) is 12.9. The number of nitrogens with zero attached hydrogens (tertiary/aromatic N) is 4. The second-order valence-corrected chi connectivity index (χ2v) is 9.62. The van der Waals surface area contributed by atoms with E-state index in [1.807, 2.05) is 36.5 Å². The van der Waals surface area contributed by atoms with Crippen molar-refractivity contribution in [1.29, 1.82) is 5.26 Å². The van der Waals surface area contributed by atoms with Gasteiger partial charge in [0, 0.05) is 44.6 Å². The number of anilines is 1. The second kappa shape index (κ2) is 12.3. The van der Waals surface area contributed by atoms with Crippen molar-refractivity contribution in [3.05, 3.63) is 66.1 Å². The van der Waals surface area contributed by atoms with E-state index in [4.69, 9.17) is 15.0 Å². The van der Waals surface area contributed by atoms with Gasteiger partial charge in [-0.05, 0) is 61.1 Å². The molecule has 1 aromatic heterocycles. The predicted molar refractivity (Wildman–Crippen MR) is 141 cm³/mol. The molecule has 1 unspecified atom stereocenters. The fraction of sp³-hybridized carbons (Fsp3) is 0.448. The lowest BCUT2D eigenvalue weighted by Gasteiger charge is -2.19. The van der Waals surface area contributed by atoms with Crippen molar-refractivity contribution in [2.45, 2.75) is 64.4 Å². The molecule has 36 heavy (non-hydrogen) atoms. The zero-order chi connectivity index (χ0) is 25.3. The third-order valence-corrected chi connectivity index (χ3v) is 6.90. The first kappa shape index (κ1) is 25.4. The van der Waals surface area contributed by atoms with Crippen LogP contribution in [0.3, 0.4) is 0 Å². The Morgan fingerprint density at radius 1 is 1.25 bits per heavy atom. The van der Waals surface area contributed by atoms with Crippen LogP contribution in [0.15, 0.2) is 54.8 Å². The lowest BCUT2D eigenvalue weighted by Crippen LogP contribution is -2.25. The zero-order valence-electron chi connectivity index (χ0n) is 21.1. The largest absolute Gasteiger partial charge is 0.489 e. The van der Waals surface area contributed by atoms with Crippen molar-refractivity contribution >= 4 is 17.4 Å². The molecule has 1 N–H and O–H groups in total. The van der Waals surface area contributed by atoms with Gasteiger partial charge in [-0.2, -0.15) is 5.26 Å². The summed E-state index contributed by atoms with van der Waals surface area (Å²) in [4.78, 5) is 23.0. The molecule has 1 saturated carbocycles. The Morgan fingerprint density at radius 3 is 2.75 bits per heavy atom. The zero-order valence-corrected chi connectivity index (χ0v) is 21.1. The summed E-state index contributed by atoms with van der Waals surface area (Å²) >= 11 is 0. The number of carbonyl (C=O) groups is 1. The molecular formula is C29H35N5O2. The van der Waals surface area contributed by atoms with Gasteiger partial charge < -0.3 is 15.0 Å². The van der Waals surface area contributed by atoms with Crippen LogP contribution in [0.1, 0.15) is 63.3 Å². The minimum atomic E-state index is -0.135. The van der Waals surface area contributed by atoms with Gasteiger partial charge >= 0.3 is 0 Å². The number of hydrogen-bond donors (Lipinski definition) is 1. The normalized spacial score (nSPS) is 18.2. The summed E-state index contributed by atoms with van der Waals surface area (Å²) in [7, 11) is 0. The molecular weight excluding hydrogens is 450 g/mol. The van der Waals surface area contributed by atoms with E-state index in [1.54, 1.807) is 0 Å².